The van der Waals surface area contributed by atoms with Crippen LogP contribution in [0.1, 0.15) is 13.3 Å². The normalized spacial score (nSPS) is 16.1. The summed E-state index contributed by atoms with van der Waals surface area (Å²) in [4.78, 5) is 23.9. The van der Waals surface area contributed by atoms with E-state index in [2.05, 4.69) is 21.2 Å². The van der Waals surface area contributed by atoms with Crippen LogP contribution >= 0.6 is 15.9 Å². The molecule has 0 aliphatic carbocycles. The number of urea groups is 1. The molecule has 1 aliphatic rings. The molecule has 6 nitrogen and oxygen atoms in total. The van der Waals surface area contributed by atoms with E-state index in [1.54, 1.807) is 6.92 Å². The van der Waals surface area contributed by atoms with Crippen molar-refractivity contribution >= 4 is 27.9 Å². The molecule has 0 aromatic carbocycles. The summed E-state index contributed by atoms with van der Waals surface area (Å²) in [6.45, 7) is 2.56. The molecule has 2 N–H and O–H groups in total. The second-order valence-electron chi connectivity index (χ2n) is 3.16. The highest BCUT2D eigenvalue weighted by molar-refractivity contribution is 9.11. The summed E-state index contributed by atoms with van der Waals surface area (Å²) >= 11 is 3.12. The van der Waals surface area contributed by atoms with Crippen LogP contribution in [0.15, 0.2) is 10.4 Å². The zero-order chi connectivity index (χ0) is 12.1. The summed E-state index contributed by atoms with van der Waals surface area (Å²) in [5.41, 5.74) is 0. The zero-order valence-corrected chi connectivity index (χ0v) is 10.4. The molecule has 0 saturated heterocycles. The topological polar surface area (TPSA) is 78.9 Å². The van der Waals surface area contributed by atoms with Crippen molar-refractivity contribution in [2.24, 2.45) is 0 Å². The molecule has 90 valence electrons. The first-order chi connectivity index (χ1) is 7.54. The molecule has 1 aliphatic heterocycles. The van der Waals surface area contributed by atoms with E-state index in [1.807, 2.05) is 0 Å². The number of hydrogen-bond donors (Lipinski definition) is 2. The average molecular weight is 293 g/mol. The molecule has 0 radical (unpaired) electrons. The number of rotatable bonds is 4. The average Bonchev–Trinajstić information content (AvgIpc) is 2.22. The van der Waals surface area contributed by atoms with E-state index in [4.69, 9.17) is 4.74 Å². The van der Waals surface area contributed by atoms with E-state index in [-0.39, 0.29) is 31.4 Å². The molecule has 1 heterocycles. The predicted octanol–water partition coefficient (Wildman–Crippen LogP) is 1.09. The minimum absolute atomic E-state index is 0.141. The van der Waals surface area contributed by atoms with Crippen molar-refractivity contribution in [3.63, 3.8) is 0 Å². The maximum absolute atomic E-state index is 11.4. The number of nitrogens with one attached hydrogen (secondary N) is 1. The van der Waals surface area contributed by atoms with E-state index in [1.165, 1.54) is 4.90 Å². The van der Waals surface area contributed by atoms with Crippen molar-refractivity contribution in [2.45, 2.75) is 13.3 Å². The van der Waals surface area contributed by atoms with Gasteiger partial charge in [-0.3, -0.25) is 10.1 Å². The second kappa shape index (κ2) is 5.74. The Balaban J connectivity index is 2.44. The Kier molecular flexibility index (Phi) is 4.60. The van der Waals surface area contributed by atoms with Gasteiger partial charge >= 0.3 is 12.0 Å². The van der Waals surface area contributed by atoms with Crippen LogP contribution in [0.4, 0.5) is 4.79 Å². The fourth-order valence-corrected chi connectivity index (χ4v) is 1.60. The van der Waals surface area contributed by atoms with Gasteiger partial charge in [0.1, 0.15) is 0 Å². The SMILES string of the molecule is CCOC(=O)CCN1CC(Br)=C(O)NC1=O. The first-order valence-corrected chi connectivity index (χ1v) is 5.63. The Morgan fingerprint density at radius 1 is 1.69 bits per heavy atom. The van der Waals surface area contributed by atoms with E-state index in [0.29, 0.717) is 11.1 Å². The molecule has 0 spiro atoms. The predicted molar refractivity (Wildman–Crippen MR) is 59.9 cm³/mol. The van der Waals surface area contributed by atoms with Crippen LogP contribution in [-0.4, -0.2) is 41.7 Å². The van der Waals surface area contributed by atoms with Gasteiger partial charge in [-0.25, -0.2) is 4.79 Å². The third-order valence-corrected chi connectivity index (χ3v) is 2.62. The quantitative estimate of drug-likeness (QED) is 0.760. The number of esters is 1. The minimum atomic E-state index is -0.426. The summed E-state index contributed by atoms with van der Waals surface area (Å²) in [7, 11) is 0. The van der Waals surface area contributed by atoms with Crippen molar-refractivity contribution < 1.29 is 19.4 Å². The molecule has 7 heteroatoms. The fraction of sp³-hybridized carbons (Fsp3) is 0.556. The van der Waals surface area contributed by atoms with Gasteiger partial charge in [-0.2, -0.15) is 0 Å². The largest absolute Gasteiger partial charge is 0.494 e. The molecule has 0 aromatic rings. The van der Waals surface area contributed by atoms with Crippen LogP contribution in [0.5, 0.6) is 0 Å². The van der Waals surface area contributed by atoms with Crippen LogP contribution < -0.4 is 5.32 Å². The monoisotopic (exact) mass is 292 g/mol. The lowest BCUT2D eigenvalue weighted by atomic mass is 10.3. The number of amides is 2. The number of aliphatic hydroxyl groups excluding tert-OH is 1. The lowest BCUT2D eigenvalue weighted by Gasteiger charge is -2.26. The molecule has 0 unspecified atom stereocenters. The summed E-state index contributed by atoms with van der Waals surface area (Å²) in [5.74, 6) is -0.525. The molecule has 0 atom stereocenters. The van der Waals surface area contributed by atoms with Crippen LogP contribution in [0.3, 0.4) is 0 Å². The van der Waals surface area contributed by atoms with Crippen LogP contribution in [0.2, 0.25) is 0 Å². The van der Waals surface area contributed by atoms with Gasteiger partial charge in [-0.05, 0) is 22.9 Å². The number of hydrogen-bond acceptors (Lipinski definition) is 4. The van der Waals surface area contributed by atoms with Gasteiger partial charge in [-0.1, -0.05) is 0 Å². The number of nitrogens with zero attached hydrogens (tertiary/aromatic N) is 1. The first kappa shape index (κ1) is 12.8. The standard InChI is InChI=1S/C9H13BrN2O4/c1-2-16-7(13)3-4-12-5-6(10)8(14)11-9(12)15/h14H,2-5H2,1H3,(H,11,15). The van der Waals surface area contributed by atoms with E-state index < -0.39 is 6.03 Å². The van der Waals surface area contributed by atoms with E-state index >= 15 is 0 Å². The fourth-order valence-electron chi connectivity index (χ4n) is 1.20. The number of carbonyl (C=O) groups is 2. The second-order valence-corrected chi connectivity index (χ2v) is 4.12. The third kappa shape index (κ3) is 3.41. The molecule has 0 aromatic heterocycles. The zero-order valence-electron chi connectivity index (χ0n) is 8.83. The lowest BCUT2D eigenvalue weighted by Crippen LogP contribution is -2.45. The van der Waals surface area contributed by atoms with Crippen LogP contribution in [-0.2, 0) is 9.53 Å². The molecule has 0 fully saturated rings. The highest BCUT2D eigenvalue weighted by Gasteiger charge is 2.23. The van der Waals surface area contributed by atoms with Crippen molar-refractivity contribution in [1.29, 1.82) is 0 Å². The molecule has 0 bridgehead atoms. The number of aliphatic hydroxyl groups is 1. The summed E-state index contributed by atoms with van der Waals surface area (Å²) in [5, 5.41) is 11.5. The first-order valence-electron chi connectivity index (χ1n) is 4.83. The van der Waals surface area contributed by atoms with Gasteiger partial charge in [-0.15, -0.1) is 0 Å². The summed E-state index contributed by atoms with van der Waals surface area (Å²) < 4.78 is 5.23. The van der Waals surface area contributed by atoms with Gasteiger partial charge in [0.15, 0.2) is 0 Å². The number of ether oxygens (including phenoxy) is 1. The van der Waals surface area contributed by atoms with E-state index in [0.717, 1.165) is 0 Å². The lowest BCUT2D eigenvalue weighted by molar-refractivity contribution is -0.143. The Hall–Kier alpha value is -1.24. The van der Waals surface area contributed by atoms with E-state index in [9.17, 15) is 14.7 Å². The van der Waals surface area contributed by atoms with Gasteiger partial charge < -0.3 is 14.7 Å². The highest BCUT2D eigenvalue weighted by atomic mass is 79.9. The summed E-state index contributed by atoms with van der Waals surface area (Å²) in [6, 6.07) is -0.426. The number of halogens is 1. The van der Waals surface area contributed by atoms with Gasteiger partial charge in [0.2, 0.25) is 5.88 Å². The van der Waals surface area contributed by atoms with Crippen molar-refractivity contribution in [2.75, 3.05) is 19.7 Å². The molecule has 16 heavy (non-hydrogen) atoms. The van der Waals surface area contributed by atoms with Crippen molar-refractivity contribution in [1.82, 2.24) is 10.2 Å². The molecule has 2 amide bonds. The Morgan fingerprint density at radius 2 is 2.38 bits per heavy atom. The van der Waals surface area contributed by atoms with Gasteiger partial charge in [0.25, 0.3) is 0 Å². The molecular weight excluding hydrogens is 280 g/mol. The minimum Gasteiger partial charge on any atom is -0.494 e. The van der Waals surface area contributed by atoms with Crippen molar-refractivity contribution in [3.8, 4) is 0 Å². The van der Waals surface area contributed by atoms with Crippen LogP contribution in [0, 0.1) is 0 Å². The third-order valence-electron chi connectivity index (χ3n) is 1.99. The Bertz CT molecular complexity index is 329. The maximum Gasteiger partial charge on any atom is 0.324 e. The smallest absolute Gasteiger partial charge is 0.324 e. The van der Waals surface area contributed by atoms with Crippen molar-refractivity contribution in [3.05, 3.63) is 10.4 Å². The van der Waals surface area contributed by atoms with Gasteiger partial charge in [0.05, 0.1) is 24.1 Å². The van der Waals surface area contributed by atoms with Crippen LogP contribution in [0.25, 0.3) is 0 Å². The van der Waals surface area contributed by atoms with Gasteiger partial charge in [0, 0.05) is 6.54 Å². The highest BCUT2D eigenvalue weighted by Crippen LogP contribution is 2.15. The molecule has 1 rings (SSSR count). The maximum atomic E-state index is 11.4. The molecule has 0 saturated carbocycles. The molecular formula is C9H13BrN2O4. The Morgan fingerprint density at radius 3 is 3.00 bits per heavy atom. The summed E-state index contributed by atoms with van der Waals surface area (Å²) in [6.07, 6.45) is 0.141. The Labute approximate surface area is 101 Å². The number of carbonyl (C=O) groups excluding carboxylic acids is 2.